The molecule has 0 aliphatic heterocycles. The molecule has 0 saturated heterocycles. The van der Waals surface area contributed by atoms with Crippen LogP contribution in [-0.2, 0) is 6.42 Å². The van der Waals surface area contributed by atoms with Gasteiger partial charge in [-0.05, 0) is 30.5 Å². The highest BCUT2D eigenvalue weighted by Gasteiger charge is 1.90. The number of hydrogen-bond donors (Lipinski definition) is 0. The zero-order valence-electron chi connectivity index (χ0n) is 6.10. The van der Waals surface area contributed by atoms with E-state index in [-0.39, 0.29) is 0 Å². The predicted molar refractivity (Wildman–Crippen MR) is 46.9 cm³/mol. The maximum Gasteiger partial charge on any atom is 0.0406 e. The van der Waals surface area contributed by atoms with Gasteiger partial charge in [0.2, 0.25) is 0 Å². The number of benzene rings is 1. The van der Waals surface area contributed by atoms with Crippen LogP contribution in [0.2, 0.25) is 5.02 Å². The highest BCUT2D eigenvalue weighted by atomic mass is 35.5. The fourth-order valence-electron chi connectivity index (χ4n) is 0.858. The first kappa shape index (κ1) is 8.17. The van der Waals surface area contributed by atoms with Crippen molar-refractivity contribution in [3.8, 4) is 5.92 Å². The molecule has 0 spiro atoms. The van der Waals surface area contributed by atoms with Gasteiger partial charge in [-0.15, -0.1) is 0 Å². The first-order chi connectivity index (χ1) is 5.33. The number of hydrogen-bond acceptors (Lipinski definition) is 0. The summed E-state index contributed by atoms with van der Waals surface area (Å²) in [6, 6.07) is 7.67. The summed E-state index contributed by atoms with van der Waals surface area (Å²) >= 11 is 5.69. The van der Waals surface area contributed by atoms with E-state index < -0.39 is 0 Å². The molecule has 0 aliphatic carbocycles. The van der Waals surface area contributed by atoms with Crippen molar-refractivity contribution in [1.82, 2.24) is 0 Å². The van der Waals surface area contributed by atoms with E-state index in [2.05, 4.69) is 5.92 Å². The Hall–Kier alpha value is -0.930. The van der Waals surface area contributed by atoms with Gasteiger partial charge in [0.15, 0.2) is 0 Å². The molecule has 0 nitrogen and oxygen atoms in total. The van der Waals surface area contributed by atoms with Crippen molar-refractivity contribution < 1.29 is 0 Å². The zero-order chi connectivity index (χ0) is 8.10. The molecule has 0 atom stereocenters. The lowest BCUT2D eigenvalue weighted by Crippen LogP contribution is -1.81. The summed E-state index contributed by atoms with van der Waals surface area (Å²) in [7, 11) is 0. The molecule has 0 N–H and O–H groups in total. The lowest BCUT2D eigenvalue weighted by atomic mass is 10.1. The Bertz CT molecular complexity index is 253. The molecule has 0 aliphatic rings. The second-order valence-corrected chi connectivity index (χ2v) is 2.74. The van der Waals surface area contributed by atoms with Crippen molar-refractivity contribution in [2.75, 3.05) is 0 Å². The van der Waals surface area contributed by atoms with E-state index in [0.29, 0.717) is 6.42 Å². The highest BCUT2D eigenvalue weighted by molar-refractivity contribution is 6.30. The minimum atomic E-state index is 0.682. The third kappa shape index (κ3) is 2.65. The summed E-state index contributed by atoms with van der Waals surface area (Å²) in [4.78, 5) is 0. The van der Waals surface area contributed by atoms with Crippen LogP contribution >= 0.6 is 11.6 Å². The van der Waals surface area contributed by atoms with Crippen molar-refractivity contribution in [2.24, 2.45) is 0 Å². The summed E-state index contributed by atoms with van der Waals surface area (Å²) in [6.45, 7) is 0. The highest BCUT2D eigenvalue weighted by Crippen LogP contribution is 2.10. The molecule has 1 heteroatoms. The molecule has 1 radical (unpaired) electrons. The number of aryl methyl sites for hydroxylation is 1. The van der Waals surface area contributed by atoms with Gasteiger partial charge in [0.1, 0.15) is 0 Å². The summed E-state index contributed by atoms with van der Waals surface area (Å²) in [5.41, 5.74) is 1.20. The van der Waals surface area contributed by atoms with Gasteiger partial charge >= 0.3 is 0 Å². The second kappa shape index (κ2) is 4.05. The molecular weight excluding hydrogens is 156 g/mol. The van der Waals surface area contributed by atoms with Crippen LogP contribution in [0.15, 0.2) is 24.3 Å². The van der Waals surface area contributed by atoms with Gasteiger partial charge in [0, 0.05) is 11.4 Å². The molecular formula is C10H8Cl. The Morgan fingerprint density at radius 2 is 1.91 bits per heavy atom. The van der Waals surface area contributed by atoms with Gasteiger partial charge in [0.05, 0.1) is 0 Å². The third-order valence-electron chi connectivity index (χ3n) is 1.45. The molecule has 0 amide bonds. The minimum Gasteiger partial charge on any atom is -0.0888 e. The Morgan fingerprint density at radius 1 is 1.27 bits per heavy atom. The smallest absolute Gasteiger partial charge is 0.0406 e. The van der Waals surface area contributed by atoms with Crippen LogP contribution in [0.5, 0.6) is 0 Å². The van der Waals surface area contributed by atoms with Gasteiger partial charge < -0.3 is 0 Å². The molecule has 1 rings (SSSR count). The quantitative estimate of drug-likeness (QED) is 0.589. The standard InChI is InChI=1S/C10H8Cl/c1-2-3-4-9-5-7-10(11)8-6-9/h5-8H,3-4H2. The monoisotopic (exact) mass is 163 g/mol. The largest absolute Gasteiger partial charge is 0.0888 e. The number of halogens is 1. The molecule has 0 bridgehead atoms. The Balaban J connectivity index is 2.60. The molecule has 55 valence electrons. The predicted octanol–water partition coefficient (Wildman–Crippen LogP) is 2.86. The van der Waals surface area contributed by atoms with Crippen LogP contribution in [0.25, 0.3) is 0 Å². The van der Waals surface area contributed by atoms with Crippen molar-refractivity contribution in [1.29, 1.82) is 0 Å². The molecule has 1 aromatic carbocycles. The molecule has 0 unspecified atom stereocenters. The molecule has 0 aromatic heterocycles. The van der Waals surface area contributed by atoms with E-state index in [1.54, 1.807) is 0 Å². The van der Waals surface area contributed by atoms with Gasteiger partial charge in [-0.3, -0.25) is 0 Å². The van der Waals surface area contributed by atoms with Crippen LogP contribution < -0.4 is 0 Å². The van der Waals surface area contributed by atoms with Crippen LogP contribution in [0, 0.1) is 12.3 Å². The first-order valence-corrected chi connectivity index (χ1v) is 3.85. The minimum absolute atomic E-state index is 0.682. The summed E-state index contributed by atoms with van der Waals surface area (Å²) in [5.74, 6) is 2.35. The summed E-state index contributed by atoms with van der Waals surface area (Å²) in [6.07, 6.45) is 8.28. The maximum absolute atomic E-state index is 6.72. The number of rotatable bonds is 2. The fourth-order valence-corrected chi connectivity index (χ4v) is 0.984. The average Bonchev–Trinajstić information content (AvgIpc) is 2.04. The first-order valence-electron chi connectivity index (χ1n) is 3.47. The van der Waals surface area contributed by atoms with E-state index in [4.69, 9.17) is 18.0 Å². The van der Waals surface area contributed by atoms with E-state index in [9.17, 15) is 0 Å². The molecule has 1 aromatic rings. The summed E-state index contributed by atoms with van der Waals surface area (Å²) < 4.78 is 0. The lowest BCUT2D eigenvalue weighted by molar-refractivity contribution is 1.03. The van der Waals surface area contributed by atoms with Crippen molar-refractivity contribution in [2.45, 2.75) is 12.8 Å². The van der Waals surface area contributed by atoms with Crippen LogP contribution in [0.4, 0.5) is 0 Å². The van der Waals surface area contributed by atoms with Gasteiger partial charge in [-0.25, -0.2) is 0 Å². The molecule has 0 fully saturated rings. The average molecular weight is 164 g/mol. The summed E-state index contributed by atoms with van der Waals surface area (Å²) in [5, 5.41) is 0.757. The van der Waals surface area contributed by atoms with E-state index >= 15 is 0 Å². The Labute approximate surface area is 72.2 Å². The fraction of sp³-hybridized carbons (Fsp3) is 0.200. The normalized spacial score (nSPS) is 9.09. The molecule has 0 saturated carbocycles. The van der Waals surface area contributed by atoms with Crippen molar-refractivity contribution >= 4 is 11.6 Å². The van der Waals surface area contributed by atoms with E-state index in [1.165, 1.54) is 5.56 Å². The van der Waals surface area contributed by atoms with Gasteiger partial charge in [-0.1, -0.05) is 29.7 Å². The van der Waals surface area contributed by atoms with Crippen molar-refractivity contribution in [3.05, 3.63) is 41.3 Å². The Kier molecular flexibility index (Phi) is 3.01. The third-order valence-corrected chi connectivity index (χ3v) is 1.70. The SMILES string of the molecule is [C]#CCCc1ccc(Cl)cc1. The topological polar surface area (TPSA) is 0 Å². The second-order valence-electron chi connectivity index (χ2n) is 2.30. The van der Waals surface area contributed by atoms with Crippen LogP contribution in [0.1, 0.15) is 12.0 Å². The Morgan fingerprint density at radius 3 is 2.45 bits per heavy atom. The lowest BCUT2D eigenvalue weighted by Gasteiger charge is -1.95. The van der Waals surface area contributed by atoms with Crippen LogP contribution in [-0.4, -0.2) is 0 Å². The zero-order valence-corrected chi connectivity index (χ0v) is 6.86. The molecule has 11 heavy (non-hydrogen) atoms. The molecule has 0 heterocycles. The van der Waals surface area contributed by atoms with Crippen molar-refractivity contribution in [3.63, 3.8) is 0 Å². The van der Waals surface area contributed by atoms with E-state index in [1.807, 2.05) is 24.3 Å². The van der Waals surface area contributed by atoms with Gasteiger partial charge in [-0.2, -0.15) is 0 Å². The van der Waals surface area contributed by atoms with Crippen LogP contribution in [0.3, 0.4) is 0 Å². The van der Waals surface area contributed by atoms with E-state index in [0.717, 1.165) is 11.4 Å². The maximum atomic E-state index is 6.72. The van der Waals surface area contributed by atoms with Gasteiger partial charge in [0.25, 0.3) is 0 Å².